The Hall–Kier alpha value is -1.39. The number of carboxylic acid groups (broad SMARTS) is 1. The number of likely N-dealkylation sites (tertiary alicyclic amines) is 1. The van der Waals surface area contributed by atoms with Gasteiger partial charge in [-0.25, -0.2) is 4.79 Å². The quantitative estimate of drug-likeness (QED) is 0.809. The summed E-state index contributed by atoms with van der Waals surface area (Å²) in [5.41, 5.74) is -0.613. The number of rotatable bonds is 4. The lowest BCUT2D eigenvalue weighted by Gasteiger charge is -2.28. The molecule has 1 unspecified atom stereocenters. The summed E-state index contributed by atoms with van der Waals surface area (Å²) in [6, 6.07) is -1.01. The third-order valence-electron chi connectivity index (χ3n) is 4.78. The predicted molar refractivity (Wildman–Crippen MR) is 77.5 cm³/mol. The highest BCUT2D eigenvalue weighted by Gasteiger charge is 2.54. The van der Waals surface area contributed by atoms with Crippen LogP contribution < -0.4 is 0 Å². The van der Waals surface area contributed by atoms with Gasteiger partial charge in [0.2, 0.25) is 11.8 Å². The van der Waals surface area contributed by atoms with E-state index in [1.807, 2.05) is 13.8 Å². The maximum absolute atomic E-state index is 12.8. The summed E-state index contributed by atoms with van der Waals surface area (Å²) < 4.78 is 0. The second-order valence-corrected chi connectivity index (χ2v) is 6.92. The van der Waals surface area contributed by atoms with Crippen LogP contribution >= 0.6 is 0 Å². The molecule has 1 aliphatic heterocycles. The van der Waals surface area contributed by atoms with Gasteiger partial charge in [0.05, 0.1) is 5.41 Å². The number of aliphatic carboxylic acids is 1. The van der Waals surface area contributed by atoms with E-state index in [2.05, 4.69) is 0 Å². The Bertz CT molecular complexity index is 436. The first-order valence-corrected chi connectivity index (χ1v) is 7.97. The van der Waals surface area contributed by atoms with Crippen LogP contribution in [0.15, 0.2) is 0 Å². The molecule has 0 aromatic rings. The summed E-state index contributed by atoms with van der Waals surface area (Å²) in [6.07, 6.45) is 6.07. The van der Waals surface area contributed by atoms with Crippen LogP contribution in [0.3, 0.4) is 0 Å². The number of amides is 2. The van der Waals surface area contributed by atoms with Crippen LogP contribution in [-0.4, -0.2) is 33.8 Å². The molecule has 2 rings (SSSR count). The molecular weight excluding hydrogens is 270 g/mol. The van der Waals surface area contributed by atoms with Crippen molar-refractivity contribution in [3.8, 4) is 0 Å². The highest BCUT2D eigenvalue weighted by Crippen LogP contribution is 2.45. The Kier molecular flexibility index (Phi) is 4.69. The lowest BCUT2D eigenvalue weighted by Crippen LogP contribution is -2.47. The fourth-order valence-corrected chi connectivity index (χ4v) is 3.69. The lowest BCUT2D eigenvalue weighted by atomic mass is 9.79. The monoisotopic (exact) mass is 295 g/mol. The van der Waals surface area contributed by atoms with Crippen molar-refractivity contribution in [2.24, 2.45) is 11.3 Å². The summed E-state index contributed by atoms with van der Waals surface area (Å²) in [7, 11) is 0. The first-order valence-electron chi connectivity index (χ1n) is 7.97. The first kappa shape index (κ1) is 16.0. The highest BCUT2D eigenvalue weighted by molar-refractivity contribution is 6.08. The fraction of sp³-hybridized carbons (Fsp3) is 0.812. The molecule has 118 valence electrons. The Morgan fingerprint density at radius 2 is 1.76 bits per heavy atom. The van der Waals surface area contributed by atoms with Crippen molar-refractivity contribution in [3.63, 3.8) is 0 Å². The van der Waals surface area contributed by atoms with E-state index in [1.165, 1.54) is 0 Å². The predicted octanol–water partition coefficient (Wildman–Crippen LogP) is 2.59. The second kappa shape index (κ2) is 6.16. The minimum absolute atomic E-state index is 0.123. The number of carboxylic acids is 1. The average molecular weight is 295 g/mol. The van der Waals surface area contributed by atoms with Crippen LogP contribution in [0.4, 0.5) is 0 Å². The normalized spacial score (nSPS) is 23.7. The zero-order valence-electron chi connectivity index (χ0n) is 12.9. The molecule has 2 fully saturated rings. The summed E-state index contributed by atoms with van der Waals surface area (Å²) in [6.45, 7) is 3.81. The van der Waals surface area contributed by atoms with Crippen LogP contribution in [0.2, 0.25) is 0 Å². The van der Waals surface area contributed by atoms with E-state index in [4.69, 9.17) is 0 Å². The van der Waals surface area contributed by atoms with Gasteiger partial charge in [0, 0.05) is 6.42 Å². The topological polar surface area (TPSA) is 74.7 Å². The SMILES string of the molecule is CC(C)CC(C(=O)O)N1C(=O)CC2(CCCCCC2)C1=O. The Morgan fingerprint density at radius 3 is 2.24 bits per heavy atom. The van der Waals surface area contributed by atoms with E-state index >= 15 is 0 Å². The van der Waals surface area contributed by atoms with E-state index < -0.39 is 17.4 Å². The van der Waals surface area contributed by atoms with Crippen LogP contribution in [0.25, 0.3) is 0 Å². The molecule has 2 aliphatic rings. The van der Waals surface area contributed by atoms with Gasteiger partial charge >= 0.3 is 5.97 Å². The van der Waals surface area contributed by atoms with Crippen LogP contribution in [0.5, 0.6) is 0 Å². The Morgan fingerprint density at radius 1 is 1.19 bits per heavy atom. The largest absolute Gasteiger partial charge is 0.480 e. The van der Waals surface area contributed by atoms with Crippen LogP contribution in [-0.2, 0) is 14.4 Å². The van der Waals surface area contributed by atoms with Crippen molar-refractivity contribution in [1.29, 1.82) is 0 Å². The van der Waals surface area contributed by atoms with E-state index in [0.29, 0.717) is 6.42 Å². The molecule has 0 radical (unpaired) electrons. The van der Waals surface area contributed by atoms with Gasteiger partial charge in [0.15, 0.2) is 0 Å². The molecule has 0 bridgehead atoms. The minimum atomic E-state index is -1.07. The Balaban J connectivity index is 2.25. The third-order valence-corrected chi connectivity index (χ3v) is 4.78. The number of carbonyl (C=O) groups excluding carboxylic acids is 2. The van der Waals surface area contributed by atoms with Gasteiger partial charge in [0.1, 0.15) is 6.04 Å². The second-order valence-electron chi connectivity index (χ2n) is 6.92. The van der Waals surface area contributed by atoms with Crippen LogP contribution in [0, 0.1) is 11.3 Å². The van der Waals surface area contributed by atoms with Gasteiger partial charge in [-0.3, -0.25) is 14.5 Å². The number of carbonyl (C=O) groups is 3. The molecule has 1 spiro atoms. The number of nitrogens with zero attached hydrogens (tertiary/aromatic N) is 1. The van der Waals surface area contributed by atoms with Gasteiger partial charge in [0.25, 0.3) is 0 Å². The highest BCUT2D eigenvalue weighted by atomic mass is 16.4. The molecule has 1 saturated heterocycles. The van der Waals surface area contributed by atoms with Gasteiger partial charge in [-0.2, -0.15) is 0 Å². The van der Waals surface area contributed by atoms with Crippen LogP contribution in [0.1, 0.15) is 65.2 Å². The molecule has 5 nitrogen and oxygen atoms in total. The molecule has 0 aromatic carbocycles. The summed E-state index contributed by atoms with van der Waals surface area (Å²) in [5.74, 6) is -1.48. The van der Waals surface area contributed by atoms with E-state index in [-0.39, 0.29) is 24.2 Å². The molecule has 1 aliphatic carbocycles. The molecule has 1 atom stereocenters. The molecule has 5 heteroatoms. The molecule has 0 aromatic heterocycles. The smallest absolute Gasteiger partial charge is 0.326 e. The average Bonchev–Trinajstić information content (AvgIpc) is 2.57. The van der Waals surface area contributed by atoms with Crippen molar-refractivity contribution in [1.82, 2.24) is 4.90 Å². The van der Waals surface area contributed by atoms with Crippen molar-refractivity contribution in [3.05, 3.63) is 0 Å². The number of hydrogen-bond donors (Lipinski definition) is 1. The molecule has 21 heavy (non-hydrogen) atoms. The third kappa shape index (κ3) is 3.11. The molecular formula is C16H25NO4. The van der Waals surface area contributed by atoms with E-state index in [0.717, 1.165) is 43.4 Å². The van der Waals surface area contributed by atoms with Gasteiger partial charge in [-0.05, 0) is 25.2 Å². The van der Waals surface area contributed by atoms with Crippen molar-refractivity contribution < 1.29 is 19.5 Å². The van der Waals surface area contributed by atoms with Gasteiger partial charge in [-0.1, -0.05) is 39.5 Å². The zero-order valence-corrected chi connectivity index (χ0v) is 12.9. The Labute approximate surface area is 125 Å². The number of imide groups is 1. The van der Waals surface area contributed by atoms with Crippen molar-refractivity contribution in [2.75, 3.05) is 0 Å². The standard InChI is InChI=1S/C16H25NO4/c1-11(2)9-12(14(19)20)17-13(18)10-16(15(17)21)7-5-3-4-6-8-16/h11-12H,3-10H2,1-2H3,(H,19,20). The lowest BCUT2D eigenvalue weighted by molar-refractivity contribution is -0.156. The number of hydrogen-bond acceptors (Lipinski definition) is 3. The zero-order chi connectivity index (χ0) is 15.6. The van der Waals surface area contributed by atoms with E-state index in [9.17, 15) is 19.5 Å². The molecule has 2 amide bonds. The van der Waals surface area contributed by atoms with Crippen molar-refractivity contribution in [2.45, 2.75) is 71.3 Å². The summed E-state index contributed by atoms with van der Waals surface area (Å²) in [4.78, 5) is 37.7. The maximum Gasteiger partial charge on any atom is 0.326 e. The molecule has 1 N–H and O–H groups in total. The summed E-state index contributed by atoms with van der Waals surface area (Å²) in [5, 5.41) is 9.41. The maximum atomic E-state index is 12.8. The molecule has 1 heterocycles. The first-order chi connectivity index (χ1) is 9.87. The van der Waals surface area contributed by atoms with Gasteiger partial charge < -0.3 is 5.11 Å². The van der Waals surface area contributed by atoms with Gasteiger partial charge in [-0.15, -0.1) is 0 Å². The van der Waals surface area contributed by atoms with E-state index in [1.54, 1.807) is 0 Å². The molecule has 1 saturated carbocycles. The van der Waals surface area contributed by atoms with Crippen molar-refractivity contribution >= 4 is 17.8 Å². The fourth-order valence-electron chi connectivity index (χ4n) is 3.69. The minimum Gasteiger partial charge on any atom is -0.480 e. The summed E-state index contributed by atoms with van der Waals surface area (Å²) >= 11 is 0.